The van der Waals surface area contributed by atoms with Crippen LogP contribution in [0.1, 0.15) is 28.3 Å². The summed E-state index contributed by atoms with van der Waals surface area (Å²) in [5, 5.41) is 0.731. The van der Waals surface area contributed by atoms with Crippen LogP contribution in [0.25, 0.3) is 0 Å². The highest BCUT2D eigenvalue weighted by atomic mass is 35.5. The molecule has 0 aromatic heterocycles. The van der Waals surface area contributed by atoms with Gasteiger partial charge in [0.1, 0.15) is 5.75 Å². The zero-order valence-corrected chi connectivity index (χ0v) is 12.7. The van der Waals surface area contributed by atoms with E-state index in [0.29, 0.717) is 0 Å². The van der Waals surface area contributed by atoms with Gasteiger partial charge in [0.15, 0.2) is 0 Å². The molecule has 4 heteroatoms. The van der Waals surface area contributed by atoms with Gasteiger partial charge in [-0.15, -0.1) is 0 Å². The number of hydrogen-bond acceptors (Lipinski definition) is 3. The fourth-order valence-electron chi connectivity index (χ4n) is 2.23. The Morgan fingerprint density at radius 2 is 1.90 bits per heavy atom. The normalized spacial score (nSPS) is 12.2. The Bertz CT molecular complexity index is 613. The van der Waals surface area contributed by atoms with Gasteiger partial charge in [-0.05, 0) is 37.1 Å². The number of nitrogens with one attached hydrogen (secondary N) is 1. The molecule has 2 rings (SSSR count). The van der Waals surface area contributed by atoms with E-state index in [1.165, 1.54) is 0 Å². The molecule has 0 bridgehead atoms. The van der Waals surface area contributed by atoms with Crippen LogP contribution in [-0.2, 0) is 0 Å². The van der Waals surface area contributed by atoms with Crippen LogP contribution in [-0.4, -0.2) is 7.11 Å². The molecule has 2 aromatic rings. The van der Waals surface area contributed by atoms with E-state index in [0.717, 1.165) is 33.0 Å². The van der Waals surface area contributed by atoms with Gasteiger partial charge in [-0.1, -0.05) is 41.4 Å². The van der Waals surface area contributed by atoms with Crippen molar-refractivity contribution < 1.29 is 4.74 Å². The van der Waals surface area contributed by atoms with Gasteiger partial charge in [0.25, 0.3) is 0 Å². The van der Waals surface area contributed by atoms with Crippen molar-refractivity contribution in [2.45, 2.75) is 19.9 Å². The van der Waals surface area contributed by atoms with Crippen LogP contribution < -0.4 is 16.0 Å². The van der Waals surface area contributed by atoms with E-state index in [1.54, 1.807) is 7.11 Å². The van der Waals surface area contributed by atoms with E-state index in [1.807, 2.05) is 44.2 Å². The molecule has 0 aliphatic carbocycles. The van der Waals surface area contributed by atoms with Crippen LogP contribution in [0.5, 0.6) is 5.75 Å². The number of nitrogens with two attached hydrogens (primary N) is 1. The highest BCUT2D eigenvalue weighted by Gasteiger charge is 2.17. The van der Waals surface area contributed by atoms with Crippen molar-refractivity contribution in [1.82, 2.24) is 5.43 Å². The van der Waals surface area contributed by atoms with Crippen molar-refractivity contribution in [3.63, 3.8) is 0 Å². The van der Waals surface area contributed by atoms with Crippen LogP contribution >= 0.6 is 11.6 Å². The third kappa shape index (κ3) is 2.96. The first-order valence-electron chi connectivity index (χ1n) is 6.43. The fourth-order valence-corrected chi connectivity index (χ4v) is 2.42. The lowest BCUT2D eigenvalue weighted by molar-refractivity contribution is 0.404. The van der Waals surface area contributed by atoms with Crippen LogP contribution in [0.15, 0.2) is 36.4 Å². The summed E-state index contributed by atoms with van der Waals surface area (Å²) in [6.45, 7) is 4.02. The molecular formula is C16H19ClN2O. The predicted octanol–water partition coefficient (Wildman–Crippen LogP) is 3.52. The molecule has 0 fully saturated rings. The Morgan fingerprint density at radius 3 is 2.50 bits per heavy atom. The quantitative estimate of drug-likeness (QED) is 0.669. The summed E-state index contributed by atoms with van der Waals surface area (Å²) in [5.41, 5.74) is 7.04. The Kier molecular flexibility index (Phi) is 4.65. The van der Waals surface area contributed by atoms with Gasteiger partial charge >= 0.3 is 0 Å². The number of aryl methyl sites for hydroxylation is 2. The highest BCUT2D eigenvalue weighted by molar-refractivity contribution is 6.31. The summed E-state index contributed by atoms with van der Waals surface area (Å²) in [6, 6.07) is 11.8. The lowest BCUT2D eigenvalue weighted by Gasteiger charge is -2.20. The lowest BCUT2D eigenvalue weighted by atomic mass is 9.96. The molecule has 0 saturated carbocycles. The third-order valence-corrected chi connectivity index (χ3v) is 3.80. The molecule has 1 unspecified atom stereocenters. The fraction of sp³-hybridized carbons (Fsp3) is 0.250. The second kappa shape index (κ2) is 6.27. The monoisotopic (exact) mass is 290 g/mol. The SMILES string of the molecule is COc1ccc(C)cc1C(NN)c1ccc(C)c(Cl)c1. The van der Waals surface area contributed by atoms with Gasteiger partial charge < -0.3 is 4.74 Å². The molecule has 1 atom stereocenters. The maximum absolute atomic E-state index is 6.21. The average molecular weight is 291 g/mol. The van der Waals surface area contributed by atoms with Crippen molar-refractivity contribution in [1.29, 1.82) is 0 Å². The zero-order valence-electron chi connectivity index (χ0n) is 11.9. The van der Waals surface area contributed by atoms with Crippen molar-refractivity contribution in [2.24, 2.45) is 5.84 Å². The lowest BCUT2D eigenvalue weighted by Crippen LogP contribution is -2.29. The third-order valence-electron chi connectivity index (χ3n) is 3.39. The topological polar surface area (TPSA) is 47.3 Å². The van der Waals surface area contributed by atoms with Gasteiger partial charge in [-0.25, -0.2) is 5.43 Å². The van der Waals surface area contributed by atoms with Gasteiger partial charge in [-0.2, -0.15) is 0 Å². The minimum Gasteiger partial charge on any atom is -0.496 e. The highest BCUT2D eigenvalue weighted by Crippen LogP contribution is 2.32. The van der Waals surface area contributed by atoms with Crippen LogP contribution in [0.3, 0.4) is 0 Å². The molecule has 0 heterocycles. The Hall–Kier alpha value is -1.55. The van der Waals surface area contributed by atoms with E-state index in [-0.39, 0.29) is 6.04 Å². The molecule has 0 spiro atoms. The number of hydrazine groups is 1. The van der Waals surface area contributed by atoms with E-state index in [4.69, 9.17) is 22.2 Å². The molecular weight excluding hydrogens is 272 g/mol. The van der Waals surface area contributed by atoms with Gasteiger partial charge in [0.05, 0.1) is 13.2 Å². The predicted molar refractivity (Wildman–Crippen MR) is 83.1 cm³/mol. The molecule has 3 nitrogen and oxygen atoms in total. The van der Waals surface area contributed by atoms with Crippen molar-refractivity contribution >= 4 is 11.6 Å². The molecule has 0 saturated heterocycles. The largest absolute Gasteiger partial charge is 0.496 e. The van der Waals surface area contributed by atoms with E-state index in [9.17, 15) is 0 Å². The summed E-state index contributed by atoms with van der Waals surface area (Å²) in [6.07, 6.45) is 0. The van der Waals surface area contributed by atoms with Gasteiger partial charge in [0.2, 0.25) is 0 Å². The maximum Gasteiger partial charge on any atom is 0.124 e. The minimum absolute atomic E-state index is 0.164. The van der Waals surface area contributed by atoms with E-state index < -0.39 is 0 Å². The summed E-state index contributed by atoms with van der Waals surface area (Å²) in [5.74, 6) is 6.55. The number of benzene rings is 2. The first-order chi connectivity index (χ1) is 9.56. The molecule has 3 N–H and O–H groups in total. The van der Waals surface area contributed by atoms with E-state index in [2.05, 4.69) is 11.5 Å². The smallest absolute Gasteiger partial charge is 0.124 e. The summed E-state index contributed by atoms with van der Waals surface area (Å²) >= 11 is 6.21. The van der Waals surface area contributed by atoms with Gasteiger partial charge in [0, 0.05) is 10.6 Å². The van der Waals surface area contributed by atoms with Crippen molar-refractivity contribution in [2.75, 3.05) is 7.11 Å². The standard InChI is InChI=1S/C16H19ClN2O/c1-10-4-7-15(20-3)13(8-10)16(19-18)12-6-5-11(2)14(17)9-12/h4-9,16,19H,18H2,1-3H3. The second-order valence-electron chi connectivity index (χ2n) is 4.85. The Balaban J connectivity index is 2.51. The molecule has 0 aliphatic rings. The van der Waals surface area contributed by atoms with Crippen molar-refractivity contribution in [3.8, 4) is 5.75 Å². The van der Waals surface area contributed by atoms with Crippen LogP contribution in [0.4, 0.5) is 0 Å². The van der Waals surface area contributed by atoms with Gasteiger partial charge in [-0.3, -0.25) is 5.84 Å². The zero-order chi connectivity index (χ0) is 14.7. The number of halogens is 1. The number of hydrogen-bond donors (Lipinski definition) is 2. The Labute approximate surface area is 124 Å². The summed E-state index contributed by atoms with van der Waals surface area (Å²) < 4.78 is 5.43. The average Bonchev–Trinajstić information content (AvgIpc) is 2.44. The van der Waals surface area contributed by atoms with Crippen LogP contribution in [0.2, 0.25) is 5.02 Å². The molecule has 20 heavy (non-hydrogen) atoms. The van der Waals surface area contributed by atoms with Crippen molar-refractivity contribution in [3.05, 3.63) is 63.7 Å². The number of rotatable bonds is 4. The van der Waals surface area contributed by atoms with E-state index >= 15 is 0 Å². The molecule has 2 aromatic carbocycles. The first-order valence-corrected chi connectivity index (χ1v) is 6.81. The van der Waals surface area contributed by atoms with Crippen LogP contribution in [0, 0.1) is 13.8 Å². The minimum atomic E-state index is -0.164. The first kappa shape index (κ1) is 14.9. The Morgan fingerprint density at radius 1 is 1.15 bits per heavy atom. The molecule has 0 aliphatic heterocycles. The number of ether oxygens (including phenoxy) is 1. The summed E-state index contributed by atoms with van der Waals surface area (Å²) in [4.78, 5) is 0. The second-order valence-corrected chi connectivity index (χ2v) is 5.26. The molecule has 0 radical (unpaired) electrons. The summed E-state index contributed by atoms with van der Waals surface area (Å²) in [7, 11) is 1.66. The molecule has 106 valence electrons. The number of methoxy groups -OCH3 is 1. The maximum atomic E-state index is 6.21. The molecule has 0 amide bonds.